The normalized spacial score (nSPS) is 28.4. The Bertz CT molecular complexity index is 631. The van der Waals surface area contributed by atoms with Gasteiger partial charge in [0.25, 0.3) is 0 Å². The largest absolute Gasteiger partial charge is 0.497 e. The summed E-state index contributed by atoms with van der Waals surface area (Å²) in [7, 11) is 3.02. The number of carbonyl (C=O) groups excluding carboxylic acids is 1. The van der Waals surface area contributed by atoms with Crippen LogP contribution in [0, 0.1) is 11.8 Å². The van der Waals surface area contributed by atoms with E-state index >= 15 is 0 Å². The van der Waals surface area contributed by atoms with Gasteiger partial charge in [-0.1, -0.05) is 0 Å². The molecule has 0 aromatic heterocycles. The van der Waals surface area contributed by atoms with Gasteiger partial charge in [-0.15, -0.1) is 0 Å². The summed E-state index contributed by atoms with van der Waals surface area (Å²) >= 11 is 0. The van der Waals surface area contributed by atoms with E-state index < -0.39 is 17.8 Å². The van der Waals surface area contributed by atoms with Crippen molar-refractivity contribution in [1.29, 1.82) is 0 Å². The van der Waals surface area contributed by atoms with Gasteiger partial charge in [-0.2, -0.15) is 0 Å². The lowest BCUT2D eigenvalue weighted by molar-refractivity contribution is -0.147. The first-order valence-electron chi connectivity index (χ1n) is 7.46. The number of carboxylic acids is 1. The number of aliphatic carboxylic acids is 1. The molecule has 23 heavy (non-hydrogen) atoms. The molecule has 2 N–H and O–H groups in total. The van der Waals surface area contributed by atoms with Gasteiger partial charge in [0, 0.05) is 6.07 Å². The number of fused-ring (bicyclic) bond motifs is 2. The first-order valence-corrected chi connectivity index (χ1v) is 7.46. The summed E-state index contributed by atoms with van der Waals surface area (Å²) in [6, 6.07) is 5.04. The summed E-state index contributed by atoms with van der Waals surface area (Å²) < 4.78 is 16.0. The van der Waals surface area contributed by atoms with Gasteiger partial charge in [0.05, 0.1) is 44.0 Å². The van der Waals surface area contributed by atoms with Crippen molar-refractivity contribution in [2.24, 2.45) is 11.8 Å². The average Bonchev–Trinajstić information content (AvgIpc) is 3.15. The summed E-state index contributed by atoms with van der Waals surface area (Å²) in [6.45, 7) is 0. The maximum absolute atomic E-state index is 12.6. The highest BCUT2D eigenvalue weighted by Crippen LogP contribution is 2.44. The molecule has 2 bridgehead atoms. The van der Waals surface area contributed by atoms with Crippen molar-refractivity contribution in [3.05, 3.63) is 18.2 Å². The SMILES string of the molecule is COc1ccc(OC)c(NC(=O)[C@@H]2[C@@H](C(=O)O)[C@H]3CC[C@@H]2O3)c1. The van der Waals surface area contributed by atoms with Crippen molar-refractivity contribution < 1.29 is 28.9 Å². The summed E-state index contributed by atoms with van der Waals surface area (Å²) in [4.78, 5) is 24.1. The molecule has 1 aromatic carbocycles. The van der Waals surface area contributed by atoms with Crippen molar-refractivity contribution in [1.82, 2.24) is 0 Å². The van der Waals surface area contributed by atoms with E-state index in [9.17, 15) is 14.7 Å². The first-order chi connectivity index (χ1) is 11.0. The molecule has 0 spiro atoms. The minimum Gasteiger partial charge on any atom is -0.497 e. The van der Waals surface area contributed by atoms with Crippen molar-refractivity contribution in [3.8, 4) is 11.5 Å². The number of hydrogen-bond acceptors (Lipinski definition) is 5. The van der Waals surface area contributed by atoms with Crippen LogP contribution in [0.1, 0.15) is 12.8 Å². The van der Waals surface area contributed by atoms with Crippen molar-refractivity contribution in [2.75, 3.05) is 19.5 Å². The summed E-state index contributed by atoms with van der Waals surface area (Å²) in [5.74, 6) is -1.80. The topological polar surface area (TPSA) is 94.1 Å². The van der Waals surface area contributed by atoms with Crippen LogP contribution in [0.4, 0.5) is 5.69 Å². The highest BCUT2D eigenvalue weighted by atomic mass is 16.5. The van der Waals surface area contributed by atoms with Gasteiger partial charge in [-0.05, 0) is 25.0 Å². The zero-order valence-corrected chi connectivity index (χ0v) is 12.9. The predicted octanol–water partition coefficient (Wildman–Crippen LogP) is 1.52. The fourth-order valence-electron chi connectivity index (χ4n) is 3.45. The first kappa shape index (κ1) is 15.6. The lowest BCUT2D eigenvalue weighted by Crippen LogP contribution is -2.41. The van der Waals surface area contributed by atoms with Crippen LogP contribution < -0.4 is 14.8 Å². The van der Waals surface area contributed by atoms with Gasteiger partial charge >= 0.3 is 5.97 Å². The van der Waals surface area contributed by atoms with Crippen molar-refractivity contribution in [2.45, 2.75) is 25.0 Å². The number of amides is 1. The van der Waals surface area contributed by atoms with Gasteiger partial charge in [0.2, 0.25) is 5.91 Å². The van der Waals surface area contributed by atoms with Gasteiger partial charge in [0.15, 0.2) is 0 Å². The van der Waals surface area contributed by atoms with E-state index in [0.29, 0.717) is 30.0 Å². The average molecular weight is 321 g/mol. The Morgan fingerprint density at radius 1 is 1.17 bits per heavy atom. The van der Waals surface area contributed by atoms with Crippen LogP contribution >= 0.6 is 0 Å². The van der Waals surface area contributed by atoms with Crippen LogP contribution in [0.5, 0.6) is 11.5 Å². The lowest BCUT2D eigenvalue weighted by Gasteiger charge is -2.24. The van der Waals surface area contributed by atoms with Crippen molar-refractivity contribution in [3.63, 3.8) is 0 Å². The van der Waals surface area contributed by atoms with Crippen LogP contribution in [-0.4, -0.2) is 43.4 Å². The number of anilines is 1. The molecule has 1 aromatic rings. The van der Waals surface area contributed by atoms with Crippen LogP contribution in [0.3, 0.4) is 0 Å². The van der Waals surface area contributed by atoms with Crippen LogP contribution in [0.25, 0.3) is 0 Å². The zero-order valence-electron chi connectivity index (χ0n) is 12.9. The molecule has 2 saturated heterocycles. The number of hydrogen-bond donors (Lipinski definition) is 2. The molecule has 1 amide bonds. The standard InChI is InChI=1S/C16H19NO6/c1-21-8-3-4-10(22-2)9(7-8)17-15(18)13-11-5-6-12(23-11)14(13)16(19)20/h3-4,7,11-14H,5-6H2,1-2H3,(H,17,18)(H,19,20)/t11-,12+,13-,14-/m0/s1. The summed E-state index contributed by atoms with van der Waals surface area (Å²) in [6.07, 6.45) is 0.688. The predicted molar refractivity (Wildman–Crippen MR) is 80.7 cm³/mol. The van der Waals surface area contributed by atoms with Gasteiger partial charge in [-0.25, -0.2) is 0 Å². The van der Waals surface area contributed by atoms with Gasteiger partial charge < -0.3 is 24.6 Å². The Balaban J connectivity index is 1.83. The van der Waals surface area contributed by atoms with Crippen molar-refractivity contribution >= 4 is 17.6 Å². The van der Waals surface area contributed by atoms with E-state index in [1.54, 1.807) is 18.2 Å². The highest BCUT2D eigenvalue weighted by molar-refractivity contribution is 5.97. The molecule has 124 valence electrons. The minimum absolute atomic E-state index is 0.335. The van der Waals surface area contributed by atoms with E-state index in [0.717, 1.165) is 0 Å². The molecule has 3 rings (SSSR count). The quantitative estimate of drug-likeness (QED) is 0.854. The molecule has 7 nitrogen and oxygen atoms in total. The fourth-order valence-corrected chi connectivity index (χ4v) is 3.45. The second kappa shape index (κ2) is 6.08. The van der Waals surface area contributed by atoms with Gasteiger partial charge in [0.1, 0.15) is 11.5 Å². The maximum atomic E-state index is 12.6. The number of benzene rings is 1. The fraction of sp³-hybridized carbons (Fsp3) is 0.500. The third-order valence-electron chi connectivity index (χ3n) is 4.53. The van der Waals surface area contributed by atoms with Gasteiger partial charge in [-0.3, -0.25) is 9.59 Å². The molecule has 2 fully saturated rings. The molecule has 0 radical (unpaired) electrons. The summed E-state index contributed by atoms with van der Waals surface area (Å²) in [5.41, 5.74) is 0.448. The smallest absolute Gasteiger partial charge is 0.310 e. The number of ether oxygens (including phenoxy) is 3. The second-order valence-corrected chi connectivity index (χ2v) is 5.74. The Hall–Kier alpha value is -2.28. The number of carboxylic acid groups (broad SMARTS) is 1. The molecule has 4 atom stereocenters. The number of methoxy groups -OCH3 is 2. The maximum Gasteiger partial charge on any atom is 0.310 e. The molecule has 0 saturated carbocycles. The van der Waals surface area contributed by atoms with Crippen LogP contribution in [0.2, 0.25) is 0 Å². The molecule has 2 aliphatic heterocycles. The molecule has 2 heterocycles. The van der Waals surface area contributed by atoms with E-state index in [2.05, 4.69) is 5.32 Å². The molecular formula is C16H19NO6. The number of carbonyl (C=O) groups is 2. The molecule has 0 aliphatic carbocycles. The second-order valence-electron chi connectivity index (χ2n) is 5.74. The van der Waals surface area contributed by atoms with Crippen LogP contribution in [-0.2, 0) is 14.3 Å². The Kier molecular flexibility index (Phi) is 4.12. The molecule has 2 aliphatic rings. The van der Waals surface area contributed by atoms with E-state index in [-0.39, 0.29) is 18.1 Å². The highest BCUT2D eigenvalue weighted by Gasteiger charge is 2.55. The molecular weight excluding hydrogens is 302 g/mol. The lowest BCUT2D eigenvalue weighted by atomic mass is 9.78. The molecule has 0 unspecified atom stereocenters. The zero-order chi connectivity index (χ0) is 16.6. The summed E-state index contributed by atoms with van der Waals surface area (Å²) in [5, 5.41) is 12.2. The van der Waals surface area contributed by atoms with E-state index in [1.807, 2.05) is 0 Å². The van der Waals surface area contributed by atoms with E-state index in [4.69, 9.17) is 14.2 Å². The Morgan fingerprint density at radius 2 is 1.87 bits per heavy atom. The van der Waals surface area contributed by atoms with Crippen LogP contribution in [0.15, 0.2) is 18.2 Å². The third kappa shape index (κ3) is 2.72. The minimum atomic E-state index is -0.991. The Labute approximate surface area is 133 Å². The number of rotatable bonds is 5. The third-order valence-corrected chi connectivity index (χ3v) is 4.53. The van der Waals surface area contributed by atoms with E-state index in [1.165, 1.54) is 14.2 Å². The number of nitrogens with one attached hydrogen (secondary N) is 1. The monoisotopic (exact) mass is 321 g/mol. The molecule has 7 heteroatoms. The Morgan fingerprint density at radius 3 is 2.48 bits per heavy atom.